The number of pyridine rings is 1. The Bertz CT molecular complexity index is 1370. The normalized spacial score (nSPS) is 16.1. The third-order valence-electron chi connectivity index (χ3n) is 6.50. The fourth-order valence-corrected chi connectivity index (χ4v) is 4.67. The van der Waals surface area contributed by atoms with Crippen LogP contribution in [0.1, 0.15) is 55.9 Å². The van der Waals surface area contributed by atoms with E-state index in [1.807, 2.05) is 32.0 Å². The van der Waals surface area contributed by atoms with Crippen LogP contribution in [0.25, 0.3) is 22.3 Å². The zero-order chi connectivity index (χ0) is 25.3. The SMILES string of the molecule is CC(C)n1ncc2c(C(=O)OCC(=O)NC3(C#N)CCCC3)cc(-c3ccc4c(c3)OCCO4)nc21. The van der Waals surface area contributed by atoms with Gasteiger partial charge in [0, 0.05) is 11.6 Å². The molecule has 2 aromatic heterocycles. The van der Waals surface area contributed by atoms with E-state index in [4.69, 9.17) is 19.2 Å². The van der Waals surface area contributed by atoms with E-state index in [9.17, 15) is 14.9 Å². The van der Waals surface area contributed by atoms with E-state index in [0.717, 1.165) is 18.4 Å². The van der Waals surface area contributed by atoms with Crippen molar-refractivity contribution in [1.82, 2.24) is 20.1 Å². The molecule has 0 radical (unpaired) electrons. The quantitative estimate of drug-likeness (QED) is 0.521. The molecule has 1 saturated carbocycles. The van der Waals surface area contributed by atoms with Crippen molar-refractivity contribution >= 4 is 22.9 Å². The van der Waals surface area contributed by atoms with E-state index in [0.29, 0.717) is 54.3 Å². The summed E-state index contributed by atoms with van der Waals surface area (Å²) in [6.45, 7) is 4.41. The van der Waals surface area contributed by atoms with Crippen molar-refractivity contribution in [3.05, 3.63) is 36.0 Å². The summed E-state index contributed by atoms with van der Waals surface area (Å²) in [4.78, 5) is 30.4. The first-order valence-electron chi connectivity index (χ1n) is 12.1. The van der Waals surface area contributed by atoms with Gasteiger partial charge in [0.2, 0.25) is 0 Å². The number of nitriles is 1. The second kappa shape index (κ2) is 9.49. The standard InChI is InChI=1S/C26H27N5O5/c1-16(2)31-24-19(13-28-31)18(25(33)36-14-23(32)30-26(15-27)7-3-4-8-26)12-20(29-24)17-5-6-21-22(11-17)35-10-9-34-21/h5-6,11-13,16H,3-4,7-10,14H2,1-2H3,(H,30,32). The predicted octanol–water partition coefficient (Wildman–Crippen LogP) is 3.56. The number of benzene rings is 1. The minimum atomic E-state index is -0.878. The fourth-order valence-electron chi connectivity index (χ4n) is 4.67. The van der Waals surface area contributed by atoms with Gasteiger partial charge in [0.05, 0.1) is 28.9 Å². The lowest BCUT2D eigenvalue weighted by atomic mass is 10.00. The molecule has 36 heavy (non-hydrogen) atoms. The molecule has 1 N–H and O–H groups in total. The monoisotopic (exact) mass is 489 g/mol. The van der Waals surface area contributed by atoms with Crippen LogP contribution in [0.4, 0.5) is 0 Å². The number of ether oxygens (including phenoxy) is 3. The Morgan fingerprint density at radius 2 is 1.94 bits per heavy atom. The second-order valence-electron chi connectivity index (χ2n) is 9.36. The molecule has 1 aliphatic heterocycles. The van der Waals surface area contributed by atoms with E-state index < -0.39 is 24.0 Å². The highest BCUT2D eigenvalue weighted by molar-refractivity contribution is 6.04. The lowest BCUT2D eigenvalue weighted by molar-refractivity contribution is -0.125. The summed E-state index contributed by atoms with van der Waals surface area (Å²) >= 11 is 0. The van der Waals surface area contributed by atoms with Gasteiger partial charge in [-0.15, -0.1) is 0 Å². The molecule has 0 saturated heterocycles. The average molecular weight is 490 g/mol. The zero-order valence-electron chi connectivity index (χ0n) is 20.2. The third-order valence-corrected chi connectivity index (χ3v) is 6.50. The maximum Gasteiger partial charge on any atom is 0.339 e. The van der Waals surface area contributed by atoms with Crippen molar-refractivity contribution in [2.24, 2.45) is 0 Å². The van der Waals surface area contributed by atoms with Gasteiger partial charge in [0.25, 0.3) is 5.91 Å². The van der Waals surface area contributed by atoms with Crippen LogP contribution in [-0.4, -0.2) is 52.0 Å². The number of hydrogen-bond donors (Lipinski definition) is 1. The topological polar surface area (TPSA) is 128 Å². The first-order chi connectivity index (χ1) is 17.4. The Hall–Kier alpha value is -4.13. The van der Waals surface area contributed by atoms with Crippen LogP contribution in [-0.2, 0) is 9.53 Å². The van der Waals surface area contributed by atoms with Crippen LogP contribution in [0, 0.1) is 11.3 Å². The van der Waals surface area contributed by atoms with Crippen molar-refractivity contribution in [3.63, 3.8) is 0 Å². The molecular formula is C26H27N5O5. The van der Waals surface area contributed by atoms with Gasteiger partial charge >= 0.3 is 5.97 Å². The van der Waals surface area contributed by atoms with Crippen molar-refractivity contribution in [2.75, 3.05) is 19.8 Å². The van der Waals surface area contributed by atoms with Crippen molar-refractivity contribution in [1.29, 1.82) is 5.26 Å². The van der Waals surface area contributed by atoms with Crippen LogP contribution < -0.4 is 14.8 Å². The van der Waals surface area contributed by atoms with Gasteiger partial charge < -0.3 is 19.5 Å². The van der Waals surface area contributed by atoms with Gasteiger partial charge in [-0.1, -0.05) is 0 Å². The van der Waals surface area contributed by atoms with Crippen molar-refractivity contribution in [3.8, 4) is 28.8 Å². The Balaban J connectivity index is 1.44. The number of rotatable bonds is 6. The largest absolute Gasteiger partial charge is 0.486 e. The summed E-state index contributed by atoms with van der Waals surface area (Å²) in [5.41, 5.74) is 1.18. The van der Waals surface area contributed by atoms with Crippen molar-refractivity contribution < 1.29 is 23.8 Å². The maximum atomic E-state index is 13.2. The number of amides is 1. The van der Waals surface area contributed by atoms with Gasteiger partial charge in [0.15, 0.2) is 23.8 Å². The Morgan fingerprint density at radius 1 is 1.19 bits per heavy atom. The fraction of sp³-hybridized carbons (Fsp3) is 0.423. The summed E-state index contributed by atoms with van der Waals surface area (Å²) in [6, 6.07) is 9.33. The molecule has 1 aliphatic carbocycles. The lowest BCUT2D eigenvalue weighted by Crippen LogP contribution is -2.46. The summed E-state index contributed by atoms with van der Waals surface area (Å²) in [5, 5.41) is 17.2. The number of fused-ring (bicyclic) bond motifs is 2. The van der Waals surface area contributed by atoms with Gasteiger partial charge in [-0.05, 0) is 63.8 Å². The summed E-state index contributed by atoms with van der Waals surface area (Å²) in [5.74, 6) is 0.0950. The van der Waals surface area contributed by atoms with Gasteiger partial charge in [0.1, 0.15) is 18.8 Å². The van der Waals surface area contributed by atoms with Crippen LogP contribution in [0.15, 0.2) is 30.5 Å². The maximum absolute atomic E-state index is 13.2. The lowest BCUT2D eigenvalue weighted by Gasteiger charge is -2.21. The van der Waals surface area contributed by atoms with Gasteiger partial charge in [-0.25, -0.2) is 14.5 Å². The number of aromatic nitrogens is 3. The highest BCUT2D eigenvalue weighted by atomic mass is 16.6. The number of hydrogen-bond acceptors (Lipinski definition) is 8. The van der Waals surface area contributed by atoms with Crippen LogP contribution in [0.3, 0.4) is 0 Å². The van der Waals surface area contributed by atoms with Crippen LogP contribution >= 0.6 is 0 Å². The molecule has 10 nitrogen and oxygen atoms in total. The van der Waals surface area contributed by atoms with Gasteiger partial charge in [-0.3, -0.25) is 4.79 Å². The Kier molecular flexibility index (Phi) is 6.22. The number of esters is 1. The minimum Gasteiger partial charge on any atom is -0.486 e. The predicted molar refractivity (Wildman–Crippen MR) is 130 cm³/mol. The number of carbonyl (C=O) groups excluding carboxylic acids is 2. The molecule has 3 aromatic rings. The molecule has 1 aromatic carbocycles. The van der Waals surface area contributed by atoms with E-state index in [1.54, 1.807) is 16.9 Å². The molecule has 3 heterocycles. The molecular weight excluding hydrogens is 462 g/mol. The summed E-state index contributed by atoms with van der Waals surface area (Å²) in [6.07, 6.45) is 4.54. The highest BCUT2D eigenvalue weighted by Crippen LogP contribution is 2.35. The second-order valence-corrected chi connectivity index (χ2v) is 9.36. The molecule has 2 aliphatic rings. The summed E-state index contributed by atoms with van der Waals surface area (Å²) in [7, 11) is 0. The van der Waals surface area contributed by atoms with E-state index in [1.165, 1.54) is 0 Å². The number of carbonyl (C=O) groups is 2. The first kappa shape index (κ1) is 23.6. The third kappa shape index (κ3) is 4.44. The van der Waals surface area contributed by atoms with E-state index >= 15 is 0 Å². The number of nitrogens with zero attached hydrogens (tertiary/aromatic N) is 4. The molecule has 1 fully saturated rings. The molecule has 186 valence electrons. The smallest absolute Gasteiger partial charge is 0.339 e. The highest BCUT2D eigenvalue weighted by Gasteiger charge is 2.35. The molecule has 0 unspecified atom stereocenters. The van der Waals surface area contributed by atoms with Crippen LogP contribution in [0.2, 0.25) is 0 Å². The average Bonchev–Trinajstić information content (AvgIpc) is 3.54. The molecule has 0 spiro atoms. The van der Waals surface area contributed by atoms with E-state index in [-0.39, 0.29) is 11.6 Å². The molecule has 0 bridgehead atoms. The molecule has 10 heteroatoms. The molecule has 0 atom stereocenters. The molecule has 1 amide bonds. The molecule has 5 rings (SSSR count). The van der Waals surface area contributed by atoms with Crippen LogP contribution in [0.5, 0.6) is 11.5 Å². The minimum absolute atomic E-state index is 0.00810. The Morgan fingerprint density at radius 3 is 2.67 bits per heavy atom. The van der Waals surface area contributed by atoms with Gasteiger partial charge in [-0.2, -0.15) is 10.4 Å². The van der Waals surface area contributed by atoms with Crippen molar-refractivity contribution in [2.45, 2.75) is 51.1 Å². The number of nitrogens with one attached hydrogen (secondary N) is 1. The zero-order valence-corrected chi connectivity index (χ0v) is 20.2. The van der Waals surface area contributed by atoms with E-state index in [2.05, 4.69) is 16.5 Å². The first-order valence-corrected chi connectivity index (χ1v) is 12.1. The summed E-state index contributed by atoms with van der Waals surface area (Å²) < 4.78 is 18.4. The Labute approximate surface area is 208 Å².